The van der Waals surface area contributed by atoms with Gasteiger partial charge in [0.25, 0.3) is 0 Å². The molecular formula is C25H32N6O3S. The molecule has 10 heteroatoms. The van der Waals surface area contributed by atoms with Crippen LogP contribution in [0.3, 0.4) is 0 Å². The third-order valence-corrected chi connectivity index (χ3v) is 8.70. The van der Waals surface area contributed by atoms with E-state index in [1.54, 1.807) is 11.3 Å². The average Bonchev–Trinajstić information content (AvgIpc) is 3.51. The predicted octanol–water partition coefficient (Wildman–Crippen LogP) is 3.20. The molecule has 0 radical (unpaired) electrons. The Morgan fingerprint density at radius 1 is 1.06 bits per heavy atom. The maximum Gasteiger partial charge on any atom is 0.225 e. The van der Waals surface area contributed by atoms with E-state index in [1.165, 1.54) is 6.42 Å². The molecule has 3 aliphatic carbocycles. The molecule has 35 heavy (non-hydrogen) atoms. The molecule has 0 bridgehead atoms. The van der Waals surface area contributed by atoms with Crippen LogP contribution in [0, 0.1) is 12.8 Å². The summed E-state index contributed by atoms with van der Waals surface area (Å²) in [6.45, 7) is 1.95. The van der Waals surface area contributed by atoms with Gasteiger partial charge in [0.05, 0.1) is 33.8 Å². The summed E-state index contributed by atoms with van der Waals surface area (Å²) in [5.41, 5.74) is 3.66. The lowest BCUT2D eigenvalue weighted by atomic mass is 9.93. The van der Waals surface area contributed by atoms with E-state index in [1.807, 2.05) is 19.2 Å². The number of hydrogen-bond donors (Lipinski definition) is 5. The maximum atomic E-state index is 10.8. The molecule has 5 N–H and O–H groups in total. The Hall–Kier alpha value is -2.40. The SMILES string of the molecule is Cc1nc(NC2CCC2)nc(N[C@@H]2C[C@H](CCO)[C@@H](O)[C@H]2O)c1-c1nc2c(C3CC3)nccc2s1. The van der Waals surface area contributed by atoms with E-state index in [2.05, 4.69) is 15.6 Å². The number of rotatable bonds is 8. The number of nitrogens with zero attached hydrogens (tertiary/aromatic N) is 4. The van der Waals surface area contributed by atoms with Crippen molar-refractivity contribution in [2.45, 2.75) is 82.1 Å². The van der Waals surface area contributed by atoms with Gasteiger partial charge in [-0.15, -0.1) is 11.3 Å². The van der Waals surface area contributed by atoms with Crippen molar-refractivity contribution in [3.8, 4) is 10.6 Å². The van der Waals surface area contributed by atoms with Crippen LogP contribution in [0.1, 0.15) is 62.3 Å². The zero-order valence-corrected chi connectivity index (χ0v) is 20.6. The fourth-order valence-corrected chi connectivity index (χ4v) is 6.33. The fourth-order valence-electron chi connectivity index (χ4n) is 5.27. The molecule has 0 aromatic carbocycles. The van der Waals surface area contributed by atoms with Crippen molar-refractivity contribution in [3.63, 3.8) is 0 Å². The van der Waals surface area contributed by atoms with Crippen molar-refractivity contribution in [2.24, 2.45) is 5.92 Å². The summed E-state index contributed by atoms with van der Waals surface area (Å²) in [6.07, 6.45) is 6.79. The second-order valence-corrected chi connectivity index (χ2v) is 11.2. The molecule has 0 amide bonds. The fraction of sp³-hybridized carbons (Fsp3) is 0.600. The highest BCUT2D eigenvalue weighted by atomic mass is 32.1. The van der Waals surface area contributed by atoms with Crippen LogP contribution >= 0.6 is 11.3 Å². The molecule has 3 aliphatic rings. The largest absolute Gasteiger partial charge is 0.396 e. The first kappa shape index (κ1) is 23.0. The minimum atomic E-state index is -0.946. The number of aliphatic hydroxyl groups excluding tert-OH is 3. The normalized spacial score (nSPS) is 26.7. The summed E-state index contributed by atoms with van der Waals surface area (Å²) in [4.78, 5) is 19.2. The van der Waals surface area contributed by atoms with Crippen molar-refractivity contribution < 1.29 is 15.3 Å². The maximum absolute atomic E-state index is 10.8. The van der Waals surface area contributed by atoms with Gasteiger partial charge in [-0.1, -0.05) is 0 Å². The molecule has 4 atom stereocenters. The third-order valence-electron chi connectivity index (χ3n) is 7.67. The molecule has 6 rings (SSSR count). The van der Waals surface area contributed by atoms with Gasteiger partial charge in [0.2, 0.25) is 5.95 Å². The molecule has 0 saturated heterocycles. The van der Waals surface area contributed by atoms with Gasteiger partial charge in [0.1, 0.15) is 22.4 Å². The predicted molar refractivity (Wildman–Crippen MR) is 136 cm³/mol. The van der Waals surface area contributed by atoms with Gasteiger partial charge < -0.3 is 26.0 Å². The number of pyridine rings is 1. The number of thiazole rings is 1. The Bertz CT molecular complexity index is 1230. The number of hydrogen-bond acceptors (Lipinski definition) is 10. The van der Waals surface area contributed by atoms with Crippen molar-refractivity contribution in [3.05, 3.63) is 23.7 Å². The van der Waals surface area contributed by atoms with Crippen LogP contribution in [0.15, 0.2) is 12.3 Å². The standard InChI is InChI=1S/C25H32N6O3S/c1-12-18(24-30-20-17(35-24)7-9-26-19(20)13-5-6-13)23(31-25(27-12)28-15-3-2-4-15)29-16-11-14(8-10-32)21(33)22(16)34/h7,9,13-16,21-22,32-34H,2-6,8,10-11H2,1H3,(H2,27,28,29,31)/t14-,16+,21+,22-/m0/s1. The number of aliphatic hydroxyl groups is 3. The smallest absolute Gasteiger partial charge is 0.225 e. The Morgan fingerprint density at radius 3 is 2.60 bits per heavy atom. The van der Waals surface area contributed by atoms with Gasteiger partial charge in [-0.2, -0.15) is 4.98 Å². The molecule has 0 spiro atoms. The Morgan fingerprint density at radius 2 is 1.89 bits per heavy atom. The molecule has 3 aromatic heterocycles. The molecule has 0 aliphatic heterocycles. The van der Waals surface area contributed by atoms with E-state index < -0.39 is 12.2 Å². The summed E-state index contributed by atoms with van der Waals surface area (Å²) in [7, 11) is 0. The third kappa shape index (κ3) is 4.37. The number of anilines is 2. The van der Waals surface area contributed by atoms with Crippen molar-refractivity contribution >= 4 is 33.3 Å². The van der Waals surface area contributed by atoms with E-state index in [0.29, 0.717) is 36.6 Å². The molecule has 3 heterocycles. The van der Waals surface area contributed by atoms with Crippen LogP contribution in [0.4, 0.5) is 11.8 Å². The summed E-state index contributed by atoms with van der Waals surface area (Å²) in [5.74, 6) is 1.51. The van der Waals surface area contributed by atoms with Gasteiger partial charge in [0, 0.05) is 24.8 Å². The molecule has 3 saturated carbocycles. The second kappa shape index (κ2) is 9.24. The lowest BCUT2D eigenvalue weighted by Crippen LogP contribution is -2.35. The van der Waals surface area contributed by atoms with Gasteiger partial charge in [0.15, 0.2) is 0 Å². The number of fused-ring (bicyclic) bond motifs is 1. The molecule has 0 unspecified atom stereocenters. The van der Waals surface area contributed by atoms with Crippen molar-refractivity contribution in [2.75, 3.05) is 17.2 Å². The number of aromatic nitrogens is 4. The van der Waals surface area contributed by atoms with Crippen LogP contribution in [-0.2, 0) is 0 Å². The van der Waals surface area contributed by atoms with Gasteiger partial charge >= 0.3 is 0 Å². The molecule has 3 fully saturated rings. The monoisotopic (exact) mass is 496 g/mol. The van der Waals surface area contributed by atoms with Crippen molar-refractivity contribution in [1.82, 2.24) is 19.9 Å². The van der Waals surface area contributed by atoms with E-state index >= 15 is 0 Å². The van der Waals surface area contributed by atoms with Gasteiger partial charge in [-0.25, -0.2) is 9.97 Å². The minimum Gasteiger partial charge on any atom is -0.396 e. The van der Waals surface area contributed by atoms with Crippen LogP contribution in [0.5, 0.6) is 0 Å². The topological polar surface area (TPSA) is 136 Å². The minimum absolute atomic E-state index is 0.0163. The van der Waals surface area contributed by atoms with E-state index in [9.17, 15) is 15.3 Å². The summed E-state index contributed by atoms with van der Waals surface area (Å²) in [6, 6.07) is 2.01. The highest BCUT2D eigenvalue weighted by molar-refractivity contribution is 7.21. The Kier molecular flexibility index (Phi) is 6.08. The van der Waals surface area contributed by atoms with Crippen LogP contribution in [-0.4, -0.2) is 66.2 Å². The highest BCUT2D eigenvalue weighted by Crippen LogP contribution is 2.44. The number of aryl methyl sites for hydroxylation is 1. The second-order valence-electron chi connectivity index (χ2n) is 10.2. The zero-order chi connectivity index (χ0) is 24.1. The molecule has 9 nitrogen and oxygen atoms in total. The highest BCUT2D eigenvalue weighted by Gasteiger charge is 2.41. The van der Waals surface area contributed by atoms with Crippen LogP contribution in [0.2, 0.25) is 0 Å². The molecule has 186 valence electrons. The van der Waals surface area contributed by atoms with Gasteiger partial charge in [-0.3, -0.25) is 4.98 Å². The summed E-state index contributed by atoms with van der Waals surface area (Å²) in [5, 5.41) is 38.3. The van der Waals surface area contributed by atoms with Crippen LogP contribution < -0.4 is 10.6 Å². The average molecular weight is 497 g/mol. The summed E-state index contributed by atoms with van der Waals surface area (Å²) < 4.78 is 1.10. The lowest BCUT2D eigenvalue weighted by molar-refractivity contribution is 0.0124. The number of nitrogens with one attached hydrogen (secondary N) is 2. The van der Waals surface area contributed by atoms with Crippen LogP contribution in [0.25, 0.3) is 20.8 Å². The Balaban J connectivity index is 1.39. The quantitative estimate of drug-likeness (QED) is 0.318. The van der Waals surface area contributed by atoms with E-state index in [4.69, 9.17) is 15.0 Å². The lowest BCUT2D eigenvalue weighted by Gasteiger charge is -2.27. The Labute approximate surface area is 208 Å². The van der Waals surface area contributed by atoms with Gasteiger partial charge in [-0.05, 0) is 63.9 Å². The first-order valence-corrected chi connectivity index (χ1v) is 13.5. The first-order chi connectivity index (χ1) is 17.0. The zero-order valence-electron chi connectivity index (χ0n) is 19.8. The van der Waals surface area contributed by atoms with E-state index in [-0.39, 0.29) is 18.6 Å². The van der Waals surface area contributed by atoms with E-state index in [0.717, 1.165) is 57.9 Å². The summed E-state index contributed by atoms with van der Waals surface area (Å²) >= 11 is 1.60. The van der Waals surface area contributed by atoms with Crippen molar-refractivity contribution in [1.29, 1.82) is 0 Å². The first-order valence-electron chi connectivity index (χ1n) is 12.7. The molecule has 3 aromatic rings. The molecular weight excluding hydrogens is 464 g/mol.